The average Bonchev–Trinajstić information content (AvgIpc) is 2.03. The van der Waals surface area contributed by atoms with E-state index in [0.717, 1.165) is 0 Å². The Morgan fingerprint density at radius 3 is 2.00 bits per heavy atom. The minimum atomic E-state index is -3.53. The first-order chi connectivity index (χ1) is 6.13. The Morgan fingerprint density at radius 1 is 1.29 bits per heavy atom. The Balaban J connectivity index is 4.65. The molecule has 5 nitrogen and oxygen atoms in total. The number of carbonyl (C=O) groups is 1. The van der Waals surface area contributed by atoms with Crippen molar-refractivity contribution < 1.29 is 13.2 Å². The molecule has 0 heterocycles. The van der Waals surface area contributed by atoms with Gasteiger partial charge < -0.3 is 5.32 Å². The quantitative estimate of drug-likeness (QED) is 0.693. The van der Waals surface area contributed by atoms with Crippen molar-refractivity contribution in [1.82, 2.24) is 10.0 Å². The molecule has 0 saturated heterocycles. The third-order valence-corrected chi connectivity index (χ3v) is 3.76. The largest absolute Gasteiger partial charge is 0.307 e. The summed E-state index contributed by atoms with van der Waals surface area (Å²) in [5.74, 6) is -0.547. The SMILES string of the molecule is CNC(C)(C)C(=O)NS(=O)(=O)C(C)C. The van der Waals surface area contributed by atoms with E-state index in [1.165, 1.54) is 13.8 Å². The van der Waals surface area contributed by atoms with Crippen molar-refractivity contribution in [1.29, 1.82) is 0 Å². The molecule has 0 saturated carbocycles. The van der Waals surface area contributed by atoms with Gasteiger partial charge in [0.15, 0.2) is 0 Å². The van der Waals surface area contributed by atoms with Crippen LogP contribution >= 0.6 is 0 Å². The third kappa shape index (κ3) is 3.26. The second-order valence-corrected chi connectivity index (χ2v) is 6.14. The molecular weight excluding hydrogens is 204 g/mol. The standard InChI is InChI=1S/C8H18N2O3S/c1-6(2)14(12,13)10-7(11)8(3,4)9-5/h6,9H,1-5H3,(H,10,11). The highest BCUT2D eigenvalue weighted by Gasteiger charge is 2.29. The van der Waals surface area contributed by atoms with Crippen LogP contribution in [0.1, 0.15) is 27.7 Å². The lowest BCUT2D eigenvalue weighted by atomic mass is 10.1. The van der Waals surface area contributed by atoms with Crippen LogP contribution in [0.5, 0.6) is 0 Å². The summed E-state index contributed by atoms with van der Waals surface area (Å²) in [4.78, 5) is 11.5. The van der Waals surface area contributed by atoms with Gasteiger partial charge in [-0.15, -0.1) is 0 Å². The molecule has 0 aromatic heterocycles. The van der Waals surface area contributed by atoms with Crippen LogP contribution < -0.4 is 10.0 Å². The molecule has 2 N–H and O–H groups in total. The minimum absolute atomic E-state index is 0.547. The lowest BCUT2D eigenvalue weighted by molar-refractivity contribution is -0.124. The zero-order valence-electron chi connectivity index (χ0n) is 9.21. The Morgan fingerprint density at radius 2 is 1.71 bits per heavy atom. The van der Waals surface area contributed by atoms with Crippen LogP contribution in [0.15, 0.2) is 0 Å². The Bertz CT molecular complexity index is 307. The zero-order chi connectivity index (χ0) is 11.6. The molecule has 0 unspecified atom stereocenters. The summed E-state index contributed by atoms with van der Waals surface area (Å²) in [5, 5.41) is 2.11. The third-order valence-electron chi connectivity index (χ3n) is 2.05. The molecular formula is C8H18N2O3S. The molecule has 0 aliphatic heterocycles. The van der Waals surface area contributed by atoms with Crippen LogP contribution in [-0.2, 0) is 14.8 Å². The summed E-state index contributed by atoms with van der Waals surface area (Å²) in [5.41, 5.74) is -0.887. The predicted molar refractivity (Wildman–Crippen MR) is 55.3 cm³/mol. The summed E-state index contributed by atoms with van der Waals surface area (Å²) >= 11 is 0. The smallest absolute Gasteiger partial charge is 0.253 e. The van der Waals surface area contributed by atoms with Gasteiger partial charge in [-0.1, -0.05) is 0 Å². The minimum Gasteiger partial charge on any atom is -0.307 e. The summed E-state index contributed by atoms with van der Waals surface area (Å²) in [7, 11) is -1.93. The lowest BCUT2D eigenvalue weighted by Crippen LogP contribution is -2.53. The highest BCUT2D eigenvalue weighted by molar-refractivity contribution is 7.90. The number of hydrogen-bond acceptors (Lipinski definition) is 4. The van der Waals surface area contributed by atoms with Crippen LogP contribution in [0.4, 0.5) is 0 Å². The molecule has 0 rings (SSSR count). The van der Waals surface area contributed by atoms with Crippen molar-refractivity contribution in [2.24, 2.45) is 0 Å². The number of hydrogen-bond donors (Lipinski definition) is 2. The normalized spacial score (nSPS) is 13.0. The molecule has 0 bridgehead atoms. The van der Waals surface area contributed by atoms with Crippen molar-refractivity contribution >= 4 is 15.9 Å². The van der Waals surface area contributed by atoms with Crippen molar-refractivity contribution in [2.75, 3.05) is 7.05 Å². The number of sulfonamides is 1. The van der Waals surface area contributed by atoms with Gasteiger partial charge in [-0.2, -0.15) is 0 Å². The van der Waals surface area contributed by atoms with E-state index < -0.39 is 26.7 Å². The van der Waals surface area contributed by atoms with Gasteiger partial charge in [0.05, 0.1) is 10.8 Å². The predicted octanol–water partition coefficient (Wildman–Crippen LogP) is -0.161. The molecule has 0 aromatic rings. The van der Waals surface area contributed by atoms with Gasteiger partial charge in [-0.3, -0.25) is 9.52 Å². The molecule has 0 aromatic carbocycles. The molecule has 84 valence electrons. The summed E-state index contributed by atoms with van der Waals surface area (Å²) < 4.78 is 24.7. The summed E-state index contributed by atoms with van der Waals surface area (Å²) in [6, 6.07) is 0. The summed E-state index contributed by atoms with van der Waals surface area (Å²) in [6.07, 6.45) is 0. The van der Waals surface area contributed by atoms with E-state index in [1.807, 2.05) is 4.72 Å². The monoisotopic (exact) mass is 222 g/mol. The van der Waals surface area contributed by atoms with Crippen LogP contribution in [0, 0.1) is 0 Å². The van der Waals surface area contributed by atoms with Gasteiger partial charge in [-0.25, -0.2) is 8.42 Å². The van der Waals surface area contributed by atoms with Crippen molar-refractivity contribution in [3.63, 3.8) is 0 Å². The van der Waals surface area contributed by atoms with Crippen LogP contribution in [0.25, 0.3) is 0 Å². The van der Waals surface area contributed by atoms with Gasteiger partial charge in [0.25, 0.3) is 5.91 Å². The topological polar surface area (TPSA) is 75.3 Å². The van der Waals surface area contributed by atoms with E-state index in [9.17, 15) is 13.2 Å². The number of nitrogens with one attached hydrogen (secondary N) is 2. The highest BCUT2D eigenvalue weighted by Crippen LogP contribution is 2.04. The summed E-state index contributed by atoms with van der Waals surface area (Å²) in [6.45, 7) is 6.25. The van der Waals surface area contributed by atoms with E-state index >= 15 is 0 Å². The van der Waals surface area contributed by atoms with Gasteiger partial charge in [0.1, 0.15) is 0 Å². The van der Waals surface area contributed by atoms with Gasteiger partial charge in [0.2, 0.25) is 10.0 Å². The number of rotatable bonds is 4. The molecule has 6 heteroatoms. The van der Waals surface area contributed by atoms with E-state index in [4.69, 9.17) is 0 Å². The maximum absolute atomic E-state index is 11.5. The van der Waals surface area contributed by atoms with Gasteiger partial charge >= 0.3 is 0 Å². The molecule has 14 heavy (non-hydrogen) atoms. The second-order valence-electron chi connectivity index (χ2n) is 3.90. The molecule has 0 aliphatic carbocycles. The fourth-order valence-electron chi connectivity index (χ4n) is 0.488. The zero-order valence-corrected chi connectivity index (χ0v) is 10.0. The number of amides is 1. The Kier molecular flexibility index (Phi) is 4.08. The molecule has 0 aliphatic rings. The van der Waals surface area contributed by atoms with Gasteiger partial charge in [-0.05, 0) is 34.7 Å². The first kappa shape index (κ1) is 13.4. The molecule has 0 atom stereocenters. The molecule has 1 amide bonds. The van der Waals surface area contributed by atoms with Crippen molar-refractivity contribution in [3.05, 3.63) is 0 Å². The molecule has 0 fully saturated rings. The maximum atomic E-state index is 11.5. The maximum Gasteiger partial charge on any atom is 0.253 e. The first-order valence-electron chi connectivity index (χ1n) is 4.38. The number of carbonyl (C=O) groups excluding carboxylic acids is 1. The molecule has 0 radical (unpaired) electrons. The van der Waals surface area contributed by atoms with Crippen LogP contribution in [-0.4, -0.2) is 32.2 Å². The van der Waals surface area contributed by atoms with Crippen molar-refractivity contribution in [3.8, 4) is 0 Å². The number of likely N-dealkylation sites (N-methyl/N-ethyl adjacent to an activating group) is 1. The van der Waals surface area contributed by atoms with E-state index in [1.54, 1.807) is 20.9 Å². The second kappa shape index (κ2) is 4.27. The van der Waals surface area contributed by atoms with Crippen molar-refractivity contribution in [2.45, 2.75) is 38.5 Å². The molecule has 0 spiro atoms. The fraction of sp³-hybridized carbons (Fsp3) is 0.875. The Labute approximate surface area is 85.3 Å². The van der Waals surface area contributed by atoms with E-state index in [2.05, 4.69) is 5.32 Å². The van der Waals surface area contributed by atoms with E-state index in [-0.39, 0.29) is 0 Å². The highest BCUT2D eigenvalue weighted by atomic mass is 32.2. The average molecular weight is 222 g/mol. The Hall–Kier alpha value is -0.620. The fourth-order valence-corrected chi connectivity index (χ4v) is 1.24. The van der Waals surface area contributed by atoms with Crippen LogP contribution in [0.3, 0.4) is 0 Å². The lowest BCUT2D eigenvalue weighted by Gasteiger charge is -2.23. The van der Waals surface area contributed by atoms with E-state index in [0.29, 0.717) is 0 Å². The first-order valence-corrected chi connectivity index (χ1v) is 5.93. The van der Waals surface area contributed by atoms with Crippen LogP contribution in [0.2, 0.25) is 0 Å². The van der Waals surface area contributed by atoms with Gasteiger partial charge in [0, 0.05) is 0 Å².